The zero-order valence-corrected chi connectivity index (χ0v) is 12.4. The minimum atomic E-state index is -3.30. The largest absolute Gasteiger partial charge is 0.307 e. The fourth-order valence-corrected chi connectivity index (χ4v) is 3.13. The molecule has 2 rings (SSSR count). The van der Waals surface area contributed by atoms with Gasteiger partial charge in [0.1, 0.15) is 0 Å². The van der Waals surface area contributed by atoms with Gasteiger partial charge in [-0.15, -0.1) is 6.58 Å². The predicted molar refractivity (Wildman–Crippen MR) is 80.9 cm³/mol. The lowest BCUT2D eigenvalue weighted by molar-refractivity contribution is 0.0221. The average Bonchev–Trinajstić information content (AvgIpc) is 2.47. The molecule has 0 bridgehead atoms. The highest BCUT2D eigenvalue weighted by Gasteiger charge is 2.33. The standard InChI is InChI=1S/C18H22F2O/c1-3-4-13-5-7-14(8-6-13)15-9-11-16(12-10-15)17(21)18(2,19)20/h3,9-14H,1,4-8H2,2H3. The van der Waals surface area contributed by atoms with Crippen molar-refractivity contribution in [2.75, 3.05) is 0 Å². The van der Waals surface area contributed by atoms with Crippen molar-refractivity contribution in [2.45, 2.75) is 50.9 Å². The van der Waals surface area contributed by atoms with Gasteiger partial charge in [0.2, 0.25) is 5.78 Å². The van der Waals surface area contributed by atoms with Crippen LogP contribution in [0.1, 0.15) is 60.9 Å². The number of hydrogen-bond acceptors (Lipinski definition) is 1. The number of ketones is 1. The Morgan fingerprint density at radius 3 is 2.29 bits per heavy atom. The van der Waals surface area contributed by atoms with Crippen LogP contribution >= 0.6 is 0 Å². The Bertz CT molecular complexity index is 491. The minimum absolute atomic E-state index is 0.0894. The number of benzene rings is 1. The van der Waals surface area contributed by atoms with E-state index in [1.807, 2.05) is 18.2 Å². The molecule has 0 amide bonds. The number of allylic oxidation sites excluding steroid dienone is 1. The maximum atomic E-state index is 13.0. The van der Waals surface area contributed by atoms with E-state index in [2.05, 4.69) is 6.58 Å². The van der Waals surface area contributed by atoms with Crippen molar-refractivity contribution in [3.05, 3.63) is 48.0 Å². The van der Waals surface area contributed by atoms with E-state index in [0.29, 0.717) is 12.8 Å². The van der Waals surface area contributed by atoms with E-state index < -0.39 is 11.7 Å². The number of hydrogen-bond donors (Lipinski definition) is 0. The van der Waals surface area contributed by atoms with Crippen molar-refractivity contribution in [3.63, 3.8) is 0 Å². The Hall–Kier alpha value is -1.51. The molecule has 3 heteroatoms. The number of halogens is 2. The van der Waals surface area contributed by atoms with Crippen molar-refractivity contribution in [1.82, 2.24) is 0 Å². The first-order valence-electron chi connectivity index (χ1n) is 7.55. The van der Waals surface area contributed by atoms with Gasteiger partial charge in [0.05, 0.1) is 0 Å². The molecule has 1 aromatic carbocycles. The van der Waals surface area contributed by atoms with Gasteiger partial charge in [-0.25, -0.2) is 0 Å². The second-order valence-electron chi connectivity index (χ2n) is 6.08. The third-order valence-electron chi connectivity index (χ3n) is 4.39. The number of carbonyl (C=O) groups excluding carboxylic acids is 1. The summed E-state index contributed by atoms with van der Waals surface area (Å²) in [6, 6.07) is 6.73. The van der Waals surface area contributed by atoms with E-state index in [9.17, 15) is 13.6 Å². The van der Waals surface area contributed by atoms with E-state index in [1.165, 1.54) is 25.0 Å². The first-order chi connectivity index (χ1) is 9.91. The van der Waals surface area contributed by atoms with Gasteiger partial charge < -0.3 is 0 Å². The smallest absolute Gasteiger partial charge is 0.287 e. The molecule has 1 aliphatic carbocycles. The Morgan fingerprint density at radius 1 is 1.24 bits per heavy atom. The molecule has 0 aromatic heterocycles. The summed E-state index contributed by atoms with van der Waals surface area (Å²) in [6.07, 6.45) is 7.67. The summed E-state index contributed by atoms with van der Waals surface area (Å²) in [7, 11) is 0. The zero-order valence-electron chi connectivity index (χ0n) is 12.4. The fourth-order valence-electron chi connectivity index (χ4n) is 3.13. The maximum Gasteiger partial charge on any atom is 0.307 e. The van der Waals surface area contributed by atoms with Crippen LogP contribution in [0.5, 0.6) is 0 Å². The summed E-state index contributed by atoms with van der Waals surface area (Å²) in [6.45, 7) is 4.43. The van der Waals surface area contributed by atoms with Crippen LogP contribution in [0.2, 0.25) is 0 Å². The third-order valence-corrected chi connectivity index (χ3v) is 4.39. The van der Waals surface area contributed by atoms with Crippen LogP contribution in [-0.2, 0) is 0 Å². The summed E-state index contributed by atoms with van der Waals surface area (Å²) < 4.78 is 26.0. The van der Waals surface area contributed by atoms with E-state index in [4.69, 9.17) is 0 Å². The molecule has 0 atom stereocenters. The zero-order chi connectivity index (χ0) is 15.5. The second-order valence-corrected chi connectivity index (χ2v) is 6.08. The Kier molecular flexibility index (Phi) is 4.92. The van der Waals surface area contributed by atoms with Gasteiger partial charge in [-0.2, -0.15) is 8.78 Å². The predicted octanol–water partition coefficient (Wildman–Crippen LogP) is 5.37. The quantitative estimate of drug-likeness (QED) is 0.526. The number of alkyl halides is 2. The van der Waals surface area contributed by atoms with Crippen molar-refractivity contribution >= 4 is 5.78 Å². The average molecular weight is 292 g/mol. The van der Waals surface area contributed by atoms with Gasteiger partial charge in [-0.05, 0) is 49.5 Å². The maximum absolute atomic E-state index is 13.0. The normalized spacial score (nSPS) is 22.8. The van der Waals surface area contributed by atoms with Crippen molar-refractivity contribution in [2.24, 2.45) is 5.92 Å². The molecular formula is C18H22F2O. The van der Waals surface area contributed by atoms with Gasteiger partial charge in [-0.3, -0.25) is 4.79 Å². The van der Waals surface area contributed by atoms with E-state index in [0.717, 1.165) is 30.7 Å². The summed E-state index contributed by atoms with van der Waals surface area (Å²) in [4.78, 5) is 11.5. The lowest BCUT2D eigenvalue weighted by Gasteiger charge is -2.28. The van der Waals surface area contributed by atoms with Crippen LogP contribution in [-0.4, -0.2) is 11.7 Å². The molecule has 1 fully saturated rings. The van der Waals surface area contributed by atoms with E-state index >= 15 is 0 Å². The molecule has 0 heterocycles. The summed E-state index contributed by atoms with van der Waals surface area (Å²) in [5.74, 6) is -3.19. The highest BCUT2D eigenvalue weighted by Crippen LogP contribution is 2.37. The van der Waals surface area contributed by atoms with Crippen LogP contribution in [0.4, 0.5) is 8.78 Å². The van der Waals surface area contributed by atoms with Crippen LogP contribution in [0.25, 0.3) is 0 Å². The lowest BCUT2D eigenvalue weighted by Crippen LogP contribution is -2.24. The first-order valence-corrected chi connectivity index (χ1v) is 7.55. The molecule has 0 spiro atoms. The monoisotopic (exact) mass is 292 g/mol. The molecule has 1 nitrogen and oxygen atoms in total. The van der Waals surface area contributed by atoms with E-state index in [1.54, 1.807) is 0 Å². The number of Topliss-reactive ketones (excluding diaryl/α,β-unsaturated/α-hetero) is 1. The van der Waals surface area contributed by atoms with Crippen molar-refractivity contribution in [1.29, 1.82) is 0 Å². The molecule has 0 aliphatic heterocycles. The second kappa shape index (κ2) is 6.50. The summed E-state index contributed by atoms with van der Waals surface area (Å²) >= 11 is 0. The van der Waals surface area contributed by atoms with Crippen LogP contribution in [0.3, 0.4) is 0 Å². The fraction of sp³-hybridized carbons (Fsp3) is 0.500. The van der Waals surface area contributed by atoms with E-state index in [-0.39, 0.29) is 5.56 Å². The van der Waals surface area contributed by atoms with Crippen molar-refractivity contribution < 1.29 is 13.6 Å². The first kappa shape index (κ1) is 15.9. The van der Waals surface area contributed by atoms with Gasteiger partial charge >= 0.3 is 5.92 Å². The van der Waals surface area contributed by atoms with Crippen LogP contribution in [0.15, 0.2) is 36.9 Å². The van der Waals surface area contributed by atoms with Gasteiger partial charge in [-0.1, -0.05) is 30.3 Å². The molecule has 1 saturated carbocycles. The lowest BCUT2D eigenvalue weighted by atomic mass is 9.77. The summed E-state index contributed by atoms with van der Waals surface area (Å²) in [5.41, 5.74) is 1.25. The highest BCUT2D eigenvalue weighted by atomic mass is 19.3. The van der Waals surface area contributed by atoms with Gasteiger partial charge in [0.15, 0.2) is 0 Å². The van der Waals surface area contributed by atoms with Gasteiger partial charge in [0, 0.05) is 12.5 Å². The molecule has 1 aliphatic rings. The third kappa shape index (κ3) is 3.99. The molecule has 0 unspecified atom stereocenters. The summed E-state index contributed by atoms with van der Waals surface area (Å²) in [5, 5.41) is 0. The Balaban J connectivity index is 2.00. The molecule has 1 aromatic rings. The number of rotatable bonds is 5. The van der Waals surface area contributed by atoms with Gasteiger partial charge in [0.25, 0.3) is 0 Å². The SMILES string of the molecule is C=CCC1CCC(c2ccc(C(=O)C(C)(F)F)cc2)CC1. The van der Waals surface area contributed by atoms with Crippen molar-refractivity contribution in [3.8, 4) is 0 Å². The highest BCUT2D eigenvalue weighted by molar-refractivity contribution is 6.01. The Labute approximate surface area is 125 Å². The molecule has 0 N–H and O–H groups in total. The molecule has 114 valence electrons. The van der Waals surface area contributed by atoms with Crippen LogP contribution < -0.4 is 0 Å². The molecule has 21 heavy (non-hydrogen) atoms. The topological polar surface area (TPSA) is 17.1 Å². The Morgan fingerprint density at radius 2 is 1.81 bits per heavy atom. The molecule has 0 radical (unpaired) electrons. The molecule has 0 saturated heterocycles. The van der Waals surface area contributed by atoms with Crippen LogP contribution in [0, 0.1) is 5.92 Å². The minimum Gasteiger partial charge on any atom is -0.287 e. The molecular weight excluding hydrogens is 270 g/mol. The number of carbonyl (C=O) groups is 1.